The molecule has 1 saturated heterocycles. The number of carbonyl (C=O) groups is 1. The lowest BCUT2D eigenvalue weighted by atomic mass is 9.99. The molecule has 8 heteroatoms. The van der Waals surface area contributed by atoms with Gasteiger partial charge in [-0.1, -0.05) is 6.08 Å². The van der Waals surface area contributed by atoms with Crippen molar-refractivity contribution < 1.29 is 19.0 Å². The molecular formula is C25H32N4O4. The first-order valence-electron chi connectivity index (χ1n) is 11.4. The molecule has 0 bridgehead atoms. The number of piperidine rings is 1. The largest absolute Gasteiger partial charge is 0.490 e. The van der Waals surface area contributed by atoms with Crippen molar-refractivity contribution in [1.82, 2.24) is 14.9 Å². The highest BCUT2D eigenvalue weighted by atomic mass is 16.5. The number of methoxy groups -OCH3 is 1. The van der Waals surface area contributed by atoms with E-state index in [1.54, 1.807) is 6.20 Å². The molecule has 0 unspecified atom stereocenters. The van der Waals surface area contributed by atoms with Gasteiger partial charge in [-0.05, 0) is 57.4 Å². The quantitative estimate of drug-likeness (QED) is 0.633. The molecule has 4 rings (SSSR count). The van der Waals surface area contributed by atoms with E-state index in [4.69, 9.17) is 9.47 Å². The summed E-state index contributed by atoms with van der Waals surface area (Å²) < 4.78 is 16.7. The minimum absolute atomic E-state index is 0.207. The third-order valence-corrected chi connectivity index (χ3v) is 5.86. The predicted octanol–water partition coefficient (Wildman–Crippen LogP) is 3.92. The normalized spacial score (nSPS) is 17.7. The van der Waals surface area contributed by atoms with Crippen molar-refractivity contribution in [2.45, 2.75) is 51.8 Å². The number of nitrogens with zero attached hydrogens (tertiary/aromatic N) is 3. The highest BCUT2D eigenvalue weighted by molar-refractivity contribution is 5.86. The molecule has 0 saturated carbocycles. The number of benzene rings is 1. The summed E-state index contributed by atoms with van der Waals surface area (Å²) in [6.07, 6.45) is 9.24. The summed E-state index contributed by atoms with van der Waals surface area (Å²) in [4.78, 5) is 22.4. The summed E-state index contributed by atoms with van der Waals surface area (Å²) in [6.45, 7) is 9.52. The highest BCUT2D eigenvalue weighted by Crippen LogP contribution is 2.40. The van der Waals surface area contributed by atoms with Crippen LogP contribution in [0.1, 0.15) is 55.2 Å². The molecule has 176 valence electrons. The molecule has 0 amide bonds. The predicted molar refractivity (Wildman–Crippen MR) is 127 cm³/mol. The fourth-order valence-electron chi connectivity index (χ4n) is 4.17. The van der Waals surface area contributed by atoms with Crippen molar-refractivity contribution in [3.63, 3.8) is 0 Å². The van der Waals surface area contributed by atoms with E-state index >= 15 is 0 Å². The van der Waals surface area contributed by atoms with Crippen molar-refractivity contribution >= 4 is 17.9 Å². The molecule has 3 heterocycles. The van der Waals surface area contributed by atoms with Gasteiger partial charge in [0.25, 0.3) is 0 Å². The van der Waals surface area contributed by atoms with Crippen LogP contribution >= 0.6 is 0 Å². The standard InChI is InChI=1S/C25H32N4O4/c1-5-32-21-13-17(12-18-6-9-25(2,3)33-23(18)21)16-29-10-7-19(8-11-29)28-22-15-26-20(14-27-22)24(30)31-4/h6,9,12-15,19H,5,7-8,10-11,16H2,1-4H3,(H,27,28). The van der Waals surface area contributed by atoms with Gasteiger partial charge in [-0.2, -0.15) is 0 Å². The van der Waals surface area contributed by atoms with Crippen molar-refractivity contribution in [3.8, 4) is 11.5 Å². The smallest absolute Gasteiger partial charge is 0.358 e. The van der Waals surface area contributed by atoms with E-state index in [0.717, 1.165) is 49.5 Å². The van der Waals surface area contributed by atoms with E-state index < -0.39 is 5.97 Å². The molecule has 0 spiro atoms. The molecule has 1 fully saturated rings. The number of likely N-dealkylation sites (tertiary alicyclic amines) is 1. The summed E-state index contributed by atoms with van der Waals surface area (Å²) in [5.74, 6) is 1.83. The van der Waals surface area contributed by atoms with Gasteiger partial charge >= 0.3 is 5.97 Å². The maximum atomic E-state index is 11.5. The van der Waals surface area contributed by atoms with Crippen molar-refractivity contribution in [3.05, 3.63) is 47.4 Å². The second-order valence-corrected chi connectivity index (χ2v) is 8.96. The number of carbonyl (C=O) groups excluding carboxylic acids is 1. The van der Waals surface area contributed by atoms with E-state index in [0.29, 0.717) is 18.5 Å². The Balaban J connectivity index is 1.35. The van der Waals surface area contributed by atoms with Crippen LogP contribution in [0.4, 0.5) is 5.82 Å². The van der Waals surface area contributed by atoms with E-state index in [1.807, 2.05) is 20.8 Å². The third kappa shape index (κ3) is 5.63. The maximum absolute atomic E-state index is 11.5. The van der Waals surface area contributed by atoms with E-state index in [-0.39, 0.29) is 11.3 Å². The molecule has 0 aliphatic carbocycles. The van der Waals surface area contributed by atoms with Crippen LogP contribution < -0.4 is 14.8 Å². The monoisotopic (exact) mass is 452 g/mol. The Bertz CT molecular complexity index is 1010. The van der Waals surface area contributed by atoms with Gasteiger partial charge in [0.05, 0.1) is 26.1 Å². The lowest BCUT2D eigenvalue weighted by Gasteiger charge is -2.33. The van der Waals surface area contributed by atoms with Crippen LogP contribution in [0, 0.1) is 0 Å². The number of aromatic nitrogens is 2. The summed E-state index contributed by atoms with van der Waals surface area (Å²) in [5, 5.41) is 3.43. The zero-order chi connectivity index (χ0) is 23.4. The Morgan fingerprint density at radius 1 is 1.24 bits per heavy atom. The molecule has 0 radical (unpaired) electrons. The number of anilines is 1. The van der Waals surface area contributed by atoms with Gasteiger partial charge in [-0.3, -0.25) is 4.90 Å². The average molecular weight is 453 g/mol. The lowest BCUT2D eigenvalue weighted by Crippen LogP contribution is -2.38. The molecule has 1 aromatic carbocycles. The van der Waals surface area contributed by atoms with E-state index in [1.165, 1.54) is 18.9 Å². The fraction of sp³-hybridized carbons (Fsp3) is 0.480. The first-order valence-corrected chi connectivity index (χ1v) is 11.4. The van der Waals surface area contributed by atoms with Crippen LogP contribution in [0.5, 0.6) is 11.5 Å². The Kier molecular flexibility index (Phi) is 6.83. The summed E-state index contributed by atoms with van der Waals surface area (Å²) in [5.41, 5.74) is 2.17. The Hall–Kier alpha value is -3.13. The molecule has 1 aromatic heterocycles. The number of ether oxygens (including phenoxy) is 3. The number of esters is 1. The Morgan fingerprint density at radius 2 is 2.03 bits per heavy atom. The fourth-order valence-corrected chi connectivity index (χ4v) is 4.17. The molecule has 1 N–H and O–H groups in total. The van der Waals surface area contributed by atoms with Crippen molar-refractivity contribution in [1.29, 1.82) is 0 Å². The highest BCUT2D eigenvalue weighted by Gasteiger charge is 2.26. The Labute approximate surface area is 195 Å². The van der Waals surface area contributed by atoms with Crippen molar-refractivity contribution in [2.75, 3.05) is 32.1 Å². The van der Waals surface area contributed by atoms with Gasteiger partial charge in [0, 0.05) is 31.2 Å². The number of hydrogen-bond acceptors (Lipinski definition) is 8. The summed E-state index contributed by atoms with van der Waals surface area (Å²) in [6, 6.07) is 4.63. The van der Waals surface area contributed by atoms with Gasteiger partial charge in [0.15, 0.2) is 17.2 Å². The van der Waals surface area contributed by atoms with E-state index in [2.05, 4.69) is 49.2 Å². The Morgan fingerprint density at radius 3 is 2.70 bits per heavy atom. The van der Waals surface area contributed by atoms with Crippen LogP contribution in [0.3, 0.4) is 0 Å². The average Bonchev–Trinajstić information content (AvgIpc) is 2.81. The van der Waals surface area contributed by atoms with Gasteiger partial charge < -0.3 is 19.5 Å². The second kappa shape index (κ2) is 9.79. The molecule has 2 aliphatic rings. The van der Waals surface area contributed by atoms with Gasteiger partial charge in [-0.25, -0.2) is 14.8 Å². The first kappa shape index (κ1) is 23.0. The molecule has 2 aliphatic heterocycles. The summed E-state index contributed by atoms with van der Waals surface area (Å²) in [7, 11) is 1.33. The zero-order valence-corrected chi connectivity index (χ0v) is 19.8. The number of rotatable bonds is 7. The van der Waals surface area contributed by atoms with Gasteiger partial charge in [0.1, 0.15) is 11.4 Å². The number of hydrogen-bond donors (Lipinski definition) is 1. The minimum Gasteiger partial charge on any atom is -0.490 e. The van der Waals surface area contributed by atoms with Crippen LogP contribution in [0.2, 0.25) is 0 Å². The number of nitrogens with one attached hydrogen (secondary N) is 1. The maximum Gasteiger partial charge on any atom is 0.358 e. The van der Waals surface area contributed by atoms with Crippen LogP contribution in [-0.4, -0.2) is 59.3 Å². The molecule has 33 heavy (non-hydrogen) atoms. The lowest BCUT2D eigenvalue weighted by molar-refractivity contribution is 0.0593. The SMILES string of the molecule is CCOc1cc(CN2CCC(Nc3cnc(C(=O)OC)cn3)CC2)cc2c1OC(C)(C)C=C2. The van der Waals surface area contributed by atoms with Crippen molar-refractivity contribution in [2.24, 2.45) is 0 Å². The number of fused-ring (bicyclic) bond motifs is 1. The minimum atomic E-state index is -0.484. The van der Waals surface area contributed by atoms with E-state index in [9.17, 15) is 4.79 Å². The van der Waals surface area contributed by atoms with Crippen LogP contribution in [-0.2, 0) is 11.3 Å². The van der Waals surface area contributed by atoms with Gasteiger partial charge in [0.2, 0.25) is 0 Å². The summed E-state index contributed by atoms with van der Waals surface area (Å²) >= 11 is 0. The molecule has 2 aromatic rings. The van der Waals surface area contributed by atoms with Gasteiger partial charge in [-0.15, -0.1) is 0 Å². The zero-order valence-electron chi connectivity index (χ0n) is 19.8. The second-order valence-electron chi connectivity index (χ2n) is 8.96. The molecule has 8 nitrogen and oxygen atoms in total. The van der Waals surface area contributed by atoms with Crippen LogP contribution in [0.25, 0.3) is 6.08 Å². The third-order valence-electron chi connectivity index (χ3n) is 5.86. The first-order chi connectivity index (χ1) is 15.9. The topological polar surface area (TPSA) is 85.8 Å². The molecule has 0 atom stereocenters. The molecular weight excluding hydrogens is 420 g/mol. The van der Waals surface area contributed by atoms with Crippen LogP contribution in [0.15, 0.2) is 30.6 Å².